The van der Waals surface area contributed by atoms with E-state index >= 15 is 0 Å². The van der Waals surface area contributed by atoms with Crippen LogP contribution in [0.4, 0.5) is 11.4 Å². The predicted molar refractivity (Wildman–Crippen MR) is 78.8 cm³/mol. The van der Waals surface area contributed by atoms with Crippen LogP contribution in [0.3, 0.4) is 0 Å². The van der Waals surface area contributed by atoms with Gasteiger partial charge in [0.1, 0.15) is 5.75 Å². The van der Waals surface area contributed by atoms with Crippen molar-refractivity contribution < 1.29 is 19.2 Å². The fraction of sp³-hybridized carbons (Fsp3) is 0.0667. The minimum atomic E-state index is -0.668. The van der Waals surface area contributed by atoms with Gasteiger partial charge in [-0.1, -0.05) is 12.1 Å². The number of amides is 1. The molecule has 1 amide bonds. The average molecular weight is 300 g/mol. The first-order valence-corrected chi connectivity index (χ1v) is 6.30. The molecular formula is C15H12N2O5. The van der Waals surface area contributed by atoms with Crippen LogP contribution >= 0.6 is 0 Å². The van der Waals surface area contributed by atoms with E-state index < -0.39 is 10.9 Å². The maximum atomic E-state index is 12.1. The highest BCUT2D eigenvalue weighted by atomic mass is 16.6. The Morgan fingerprint density at radius 2 is 1.73 bits per heavy atom. The third-order valence-corrected chi connectivity index (χ3v) is 2.72. The molecule has 0 heterocycles. The minimum Gasteiger partial charge on any atom is -0.423 e. The minimum absolute atomic E-state index is 0.0987. The lowest BCUT2D eigenvalue weighted by molar-refractivity contribution is -0.384. The van der Waals surface area contributed by atoms with E-state index in [1.807, 2.05) is 0 Å². The molecule has 0 unspecified atom stereocenters. The van der Waals surface area contributed by atoms with Crippen molar-refractivity contribution in [2.75, 3.05) is 5.32 Å². The van der Waals surface area contributed by atoms with Gasteiger partial charge in [-0.2, -0.15) is 0 Å². The lowest BCUT2D eigenvalue weighted by atomic mass is 10.2. The summed E-state index contributed by atoms with van der Waals surface area (Å²) in [6.45, 7) is 1.33. The summed E-state index contributed by atoms with van der Waals surface area (Å²) in [7, 11) is 0. The molecule has 0 aromatic heterocycles. The number of anilines is 1. The van der Waals surface area contributed by atoms with Gasteiger partial charge in [0.05, 0.1) is 16.2 Å². The van der Waals surface area contributed by atoms with Crippen molar-refractivity contribution in [2.24, 2.45) is 0 Å². The topological polar surface area (TPSA) is 98.5 Å². The van der Waals surface area contributed by atoms with Gasteiger partial charge in [0.15, 0.2) is 0 Å². The van der Waals surface area contributed by atoms with E-state index in [1.165, 1.54) is 37.3 Å². The largest absolute Gasteiger partial charge is 0.423 e. The van der Waals surface area contributed by atoms with Gasteiger partial charge in [0, 0.05) is 19.1 Å². The Hall–Kier alpha value is -3.22. The monoisotopic (exact) mass is 300 g/mol. The molecule has 0 atom stereocenters. The first kappa shape index (κ1) is 15.2. The predicted octanol–water partition coefficient (Wildman–Crippen LogP) is 2.77. The third kappa shape index (κ3) is 3.66. The van der Waals surface area contributed by atoms with Crippen LogP contribution in [0.1, 0.15) is 17.3 Å². The number of hydrogen-bond donors (Lipinski definition) is 1. The standard InChI is InChI=1S/C15H12N2O5/c1-10(18)16-14-5-3-2-4-13(14)15(19)22-12-8-6-11(7-9-12)17(20)21/h2-9H,1H3,(H,16,18). The molecule has 0 aliphatic carbocycles. The van der Waals surface area contributed by atoms with E-state index in [-0.39, 0.29) is 22.9 Å². The van der Waals surface area contributed by atoms with E-state index in [0.29, 0.717) is 5.69 Å². The van der Waals surface area contributed by atoms with Gasteiger partial charge >= 0.3 is 5.97 Å². The Kier molecular flexibility index (Phi) is 4.47. The van der Waals surface area contributed by atoms with Crippen molar-refractivity contribution >= 4 is 23.3 Å². The molecule has 0 radical (unpaired) electrons. The zero-order valence-electron chi connectivity index (χ0n) is 11.6. The molecule has 2 rings (SSSR count). The van der Waals surface area contributed by atoms with Crippen molar-refractivity contribution in [2.45, 2.75) is 6.92 Å². The molecule has 22 heavy (non-hydrogen) atoms. The number of ether oxygens (including phenoxy) is 1. The van der Waals surface area contributed by atoms with Crippen LogP contribution in [-0.2, 0) is 4.79 Å². The van der Waals surface area contributed by atoms with Crippen LogP contribution in [-0.4, -0.2) is 16.8 Å². The van der Waals surface area contributed by atoms with Gasteiger partial charge in [-0.3, -0.25) is 14.9 Å². The van der Waals surface area contributed by atoms with E-state index in [0.717, 1.165) is 0 Å². The SMILES string of the molecule is CC(=O)Nc1ccccc1C(=O)Oc1ccc([N+](=O)[O-])cc1. The van der Waals surface area contributed by atoms with E-state index in [1.54, 1.807) is 18.2 Å². The summed E-state index contributed by atoms with van der Waals surface area (Å²) in [5.74, 6) is -0.804. The lowest BCUT2D eigenvalue weighted by Gasteiger charge is -2.09. The van der Waals surface area contributed by atoms with Gasteiger partial charge in [-0.05, 0) is 24.3 Å². The lowest BCUT2D eigenvalue weighted by Crippen LogP contribution is -2.14. The maximum absolute atomic E-state index is 12.1. The van der Waals surface area contributed by atoms with Gasteiger partial charge in [0.2, 0.25) is 5.91 Å². The Balaban J connectivity index is 2.18. The molecule has 0 aliphatic heterocycles. The summed E-state index contributed by atoms with van der Waals surface area (Å²) in [5, 5.41) is 13.1. The summed E-state index contributed by atoms with van der Waals surface area (Å²) < 4.78 is 5.14. The molecule has 0 aliphatic rings. The third-order valence-electron chi connectivity index (χ3n) is 2.72. The van der Waals surface area contributed by atoms with Gasteiger partial charge in [0.25, 0.3) is 5.69 Å². The van der Waals surface area contributed by atoms with Crippen LogP contribution in [0.25, 0.3) is 0 Å². The van der Waals surface area contributed by atoms with Crippen molar-refractivity contribution in [1.82, 2.24) is 0 Å². The van der Waals surface area contributed by atoms with E-state index in [2.05, 4.69) is 5.32 Å². The Morgan fingerprint density at radius 1 is 1.09 bits per heavy atom. The second kappa shape index (κ2) is 6.49. The van der Waals surface area contributed by atoms with Gasteiger partial charge < -0.3 is 10.1 Å². The van der Waals surface area contributed by atoms with Gasteiger partial charge in [-0.25, -0.2) is 4.79 Å². The number of para-hydroxylation sites is 1. The molecule has 0 fully saturated rings. The smallest absolute Gasteiger partial charge is 0.345 e. The first-order chi connectivity index (χ1) is 10.5. The zero-order chi connectivity index (χ0) is 16.1. The number of nitrogens with one attached hydrogen (secondary N) is 1. The normalized spacial score (nSPS) is 9.86. The molecule has 2 aromatic rings. The van der Waals surface area contributed by atoms with Crippen molar-refractivity contribution in [3.05, 3.63) is 64.2 Å². The summed E-state index contributed by atoms with van der Waals surface area (Å²) in [6, 6.07) is 11.5. The molecule has 7 nitrogen and oxygen atoms in total. The molecule has 1 N–H and O–H groups in total. The number of carbonyl (C=O) groups is 2. The fourth-order valence-corrected chi connectivity index (χ4v) is 1.76. The van der Waals surface area contributed by atoms with Crippen LogP contribution in [0, 0.1) is 10.1 Å². The summed E-state index contributed by atoms with van der Waals surface area (Å²) in [5.41, 5.74) is 0.427. The van der Waals surface area contributed by atoms with Crippen LogP contribution in [0.2, 0.25) is 0 Å². The number of rotatable bonds is 4. The molecule has 0 bridgehead atoms. The second-order valence-corrected chi connectivity index (χ2v) is 4.37. The average Bonchev–Trinajstić information content (AvgIpc) is 2.47. The Bertz CT molecular complexity index is 725. The highest BCUT2D eigenvalue weighted by Gasteiger charge is 2.14. The maximum Gasteiger partial charge on any atom is 0.345 e. The van der Waals surface area contributed by atoms with Crippen LogP contribution in [0.15, 0.2) is 48.5 Å². The molecule has 0 saturated carbocycles. The number of nitro groups is 1. The number of benzene rings is 2. The molecule has 0 spiro atoms. The number of carbonyl (C=O) groups excluding carboxylic acids is 2. The number of esters is 1. The zero-order valence-corrected chi connectivity index (χ0v) is 11.6. The van der Waals surface area contributed by atoms with Crippen molar-refractivity contribution in [3.8, 4) is 5.75 Å². The summed E-state index contributed by atoms with van der Waals surface area (Å²) in [4.78, 5) is 33.3. The quantitative estimate of drug-likeness (QED) is 0.405. The van der Waals surface area contributed by atoms with Crippen LogP contribution in [0.5, 0.6) is 5.75 Å². The Labute approximate surface area is 125 Å². The molecule has 112 valence electrons. The summed E-state index contributed by atoms with van der Waals surface area (Å²) >= 11 is 0. The highest BCUT2D eigenvalue weighted by molar-refractivity contribution is 6.01. The number of nitro benzene ring substituents is 1. The molecule has 2 aromatic carbocycles. The number of hydrogen-bond acceptors (Lipinski definition) is 5. The second-order valence-electron chi connectivity index (χ2n) is 4.37. The van der Waals surface area contributed by atoms with Crippen molar-refractivity contribution in [3.63, 3.8) is 0 Å². The first-order valence-electron chi connectivity index (χ1n) is 6.30. The summed E-state index contributed by atoms with van der Waals surface area (Å²) in [6.07, 6.45) is 0. The molecule has 7 heteroatoms. The Morgan fingerprint density at radius 3 is 2.32 bits per heavy atom. The van der Waals surface area contributed by atoms with Crippen molar-refractivity contribution in [1.29, 1.82) is 0 Å². The molecular weight excluding hydrogens is 288 g/mol. The number of non-ortho nitro benzene ring substituents is 1. The van der Waals surface area contributed by atoms with Crippen LogP contribution < -0.4 is 10.1 Å². The van der Waals surface area contributed by atoms with E-state index in [4.69, 9.17) is 4.74 Å². The highest BCUT2D eigenvalue weighted by Crippen LogP contribution is 2.21. The fourth-order valence-electron chi connectivity index (χ4n) is 1.76. The van der Waals surface area contributed by atoms with Gasteiger partial charge in [-0.15, -0.1) is 0 Å². The molecule has 0 saturated heterocycles. The number of nitrogens with zero attached hydrogens (tertiary/aromatic N) is 1. The van der Waals surface area contributed by atoms with E-state index in [9.17, 15) is 19.7 Å².